The lowest BCUT2D eigenvalue weighted by Gasteiger charge is -2.11. The van der Waals surface area contributed by atoms with Gasteiger partial charge in [-0.2, -0.15) is 0 Å². The van der Waals surface area contributed by atoms with Crippen molar-refractivity contribution >= 4 is 33.5 Å². The van der Waals surface area contributed by atoms with E-state index in [1.165, 1.54) is 5.56 Å². The Labute approximate surface area is 209 Å². The van der Waals surface area contributed by atoms with Gasteiger partial charge in [0.15, 0.2) is 0 Å². The number of para-hydroxylation sites is 1. The Morgan fingerprint density at radius 1 is 1.00 bits per heavy atom. The van der Waals surface area contributed by atoms with Crippen LogP contribution in [-0.4, -0.2) is 27.1 Å². The third kappa shape index (κ3) is 4.47. The van der Waals surface area contributed by atoms with Crippen LogP contribution in [0.5, 0.6) is 5.75 Å². The molecule has 0 fully saturated rings. The highest BCUT2D eigenvalue weighted by Gasteiger charge is 2.18. The molecule has 0 aliphatic carbocycles. The largest absolute Gasteiger partial charge is 0.497 e. The molecule has 0 unspecified atom stereocenters. The maximum atomic E-state index is 13.6. The van der Waals surface area contributed by atoms with E-state index in [1.807, 2.05) is 72.8 Å². The van der Waals surface area contributed by atoms with Crippen LogP contribution in [0.2, 0.25) is 0 Å². The van der Waals surface area contributed by atoms with Crippen LogP contribution in [-0.2, 0) is 17.9 Å². The summed E-state index contributed by atoms with van der Waals surface area (Å²) < 4.78 is 8.56. The summed E-state index contributed by atoms with van der Waals surface area (Å²) in [6, 6.07) is 23.1. The molecule has 5 aromatic rings. The Bertz CT molecular complexity index is 1600. The van der Waals surface area contributed by atoms with E-state index in [9.17, 15) is 9.59 Å². The van der Waals surface area contributed by atoms with Gasteiger partial charge in [-0.05, 0) is 47.4 Å². The molecule has 0 saturated carbocycles. The number of ether oxygens (including phenoxy) is 1. The summed E-state index contributed by atoms with van der Waals surface area (Å²) >= 11 is 0. The van der Waals surface area contributed by atoms with Crippen LogP contribution in [0.4, 0.5) is 5.69 Å². The second kappa shape index (κ2) is 9.70. The second-order valence-electron chi connectivity index (χ2n) is 9.15. The van der Waals surface area contributed by atoms with Crippen molar-refractivity contribution in [3.8, 4) is 5.75 Å². The van der Waals surface area contributed by atoms with Crippen LogP contribution in [0.1, 0.15) is 30.9 Å². The Morgan fingerprint density at radius 2 is 1.72 bits per heavy atom. The minimum Gasteiger partial charge on any atom is -0.497 e. The lowest BCUT2D eigenvalue weighted by Crippen LogP contribution is -2.25. The van der Waals surface area contributed by atoms with Crippen molar-refractivity contribution in [3.63, 3.8) is 0 Å². The number of aromatic nitrogens is 3. The van der Waals surface area contributed by atoms with E-state index in [2.05, 4.69) is 24.1 Å². The fraction of sp³-hybridized carbons (Fsp3) is 0.207. The summed E-state index contributed by atoms with van der Waals surface area (Å²) in [6.07, 6.45) is 1.57. The number of nitrogens with one attached hydrogen (secondary N) is 1. The number of carbonyl (C=O) groups excluding carboxylic acids is 1. The quantitative estimate of drug-likeness (QED) is 0.349. The Hall–Kier alpha value is -4.39. The molecule has 182 valence electrons. The van der Waals surface area contributed by atoms with Gasteiger partial charge in [-0.1, -0.05) is 56.3 Å². The first-order valence-corrected chi connectivity index (χ1v) is 11.9. The van der Waals surface area contributed by atoms with Gasteiger partial charge in [-0.25, -0.2) is 4.98 Å². The minimum absolute atomic E-state index is 0.000581. The lowest BCUT2D eigenvalue weighted by molar-refractivity contribution is -0.116. The number of hydrogen-bond acceptors (Lipinski definition) is 4. The van der Waals surface area contributed by atoms with Gasteiger partial charge < -0.3 is 14.6 Å². The normalized spacial score (nSPS) is 11.3. The van der Waals surface area contributed by atoms with Gasteiger partial charge in [0.25, 0.3) is 5.56 Å². The molecule has 7 heteroatoms. The Balaban J connectivity index is 1.50. The molecular formula is C29H28N4O3. The van der Waals surface area contributed by atoms with Crippen molar-refractivity contribution in [2.45, 2.75) is 32.9 Å². The molecule has 0 bridgehead atoms. The molecule has 36 heavy (non-hydrogen) atoms. The molecule has 1 N–H and O–H groups in total. The monoisotopic (exact) mass is 480 g/mol. The summed E-state index contributed by atoms with van der Waals surface area (Å²) in [5.41, 5.74) is 4.49. The smallest absolute Gasteiger partial charge is 0.278 e. The zero-order valence-electron chi connectivity index (χ0n) is 20.6. The van der Waals surface area contributed by atoms with Crippen LogP contribution in [0.25, 0.3) is 21.9 Å². The highest BCUT2D eigenvalue weighted by Crippen LogP contribution is 2.25. The zero-order valence-corrected chi connectivity index (χ0v) is 20.6. The van der Waals surface area contributed by atoms with Gasteiger partial charge in [0, 0.05) is 11.1 Å². The topological polar surface area (TPSA) is 78.2 Å². The molecule has 3 aromatic carbocycles. The van der Waals surface area contributed by atoms with Gasteiger partial charge in [-0.3, -0.25) is 14.2 Å². The van der Waals surface area contributed by atoms with E-state index in [1.54, 1.807) is 22.6 Å². The molecule has 0 radical (unpaired) electrons. The third-order valence-electron chi connectivity index (χ3n) is 6.41. The fourth-order valence-electron chi connectivity index (χ4n) is 4.45. The Morgan fingerprint density at radius 3 is 2.42 bits per heavy atom. The van der Waals surface area contributed by atoms with Crippen LogP contribution in [0.3, 0.4) is 0 Å². The van der Waals surface area contributed by atoms with Crippen molar-refractivity contribution in [3.05, 3.63) is 101 Å². The number of fused-ring (bicyclic) bond motifs is 3. The van der Waals surface area contributed by atoms with Gasteiger partial charge in [-0.15, -0.1) is 0 Å². The number of methoxy groups -OCH3 is 1. The van der Waals surface area contributed by atoms with E-state index < -0.39 is 0 Å². The zero-order chi connectivity index (χ0) is 25.2. The molecular weight excluding hydrogens is 452 g/mol. The average Bonchev–Trinajstić information content (AvgIpc) is 3.20. The van der Waals surface area contributed by atoms with E-state index in [0.717, 1.165) is 27.9 Å². The van der Waals surface area contributed by atoms with Crippen LogP contribution in [0.15, 0.2) is 83.9 Å². The molecule has 5 rings (SSSR count). The van der Waals surface area contributed by atoms with Crippen molar-refractivity contribution in [2.24, 2.45) is 0 Å². The maximum absolute atomic E-state index is 13.6. The first-order chi connectivity index (χ1) is 17.4. The number of nitrogens with zero attached hydrogens (tertiary/aromatic N) is 3. The van der Waals surface area contributed by atoms with Gasteiger partial charge in [0.2, 0.25) is 5.91 Å². The molecule has 0 saturated heterocycles. The summed E-state index contributed by atoms with van der Waals surface area (Å²) in [5.74, 6) is 0.963. The van der Waals surface area contributed by atoms with E-state index in [-0.39, 0.29) is 18.0 Å². The second-order valence-corrected chi connectivity index (χ2v) is 9.15. The molecule has 0 aliphatic heterocycles. The molecule has 2 heterocycles. The highest BCUT2D eigenvalue weighted by atomic mass is 16.5. The average molecular weight is 481 g/mol. The van der Waals surface area contributed by atoms with Crippen LogP contribution >= 0.6 is 0 Å². The summed E-state index contributed by atoms with van der Waals surface area (Å²) in [4.78, 5) is 31.3. The van der Waals surface area contributed by atoms with Gasteiger partial charge in [0.1, 0.15) is 23.3 Å². The van der Waals surface area contributed by atoms with Gasteiger partial charge in [0.05, 0.1) is 25.5 Å². The van der Waals surface area contributed by atoms with Crippen molar-refractivity contribution in [1.82, 2.24) is 14.1 Å². The van der Waals surface area contributed by atoms with Crippen molar-refractivity contribution in [1.29, 1.82) is 0 Å². The number of carbonyl (C=O) groups is 1. The number of benzene rings is 3. The Kier molecular flexibility index (Phi) is 6.29. The molecule has 2 aromatic heterocycles. The molecule has 0 atom stereocenters. The number of anilines is 1. The maximum Gasteiger partial charge on any atom is 0.278 e. The van der Waals surface area contributed by atoms with Crippen molar-refractivity contribution in [2.75, 3.05) is 12.4 Å². The van der Waals surface area contributed by atoms with E-state index in [4.69, 9.17) is 4.74 Å². The van der Waals surface area contributed by atoms with Crippen molar-refractivity contribution < 1.29 is 9.53 Å². The fourth-order valence-corrected chi connectivity index (χ4v) is 4.45. The standard InChI is InChI=1S/C29H28N4O3/c1-19(2)21-10-12-22(13-11-21)31-26(34)17-33-25-7-5-4-6-24(25)27-28(33)29(35)32(18-30-27)16-20-8-14-23(36-3)15-9-20/h4-15,18-19H,16-17H2,1-3H3,(H,31,34). The predicted molar refractivity (Wildman–Crippen MR) is 143 cm³/mol. The third-order valence-corrected chi connectivity index (χ3v) is 6.41. The molecule has 7 nitrogen and oxygen atoms in total. The summed E-state index contributed by atoms with van der Waals surface area (Å²) in [5, 5.41) is 3.80. The summed E-state index contributed by atoms with van der Waals surface area (Å²) in [6.45, 7) is 4.62. The molecule has 0 spiro atoms. The predicted octanol–water partition coefficient (Wildman–Crippen LogP) is 5.17. The van der Waals surface area contributed by atoms with E-state index >= 15 is 0 Å². The SMILES string of the molecule is COc1ccc(Cn2cnc3c4ccccc4n(CC(=O)Nc4ccc(C(C)C)cc4)c3c2=O)cc1. The first-order valence-electron chi connectivity index (χ1n) is 11.9. The first kappa shape index (κ1) is 23.4. The number of rotatable bonds is 7. The molecule has 0 aliphatic rings. The minimum atomic E-state index is -0.208. The number of amides is 1. The molecule has 1 amide bonds. The lowest BCUT2D eigenvalue weighted by atomic mass is 10.0. The summed E-state index contributed by atoms with van der Waals surface area (Å²) in [7, 11) is 1.62. The highest BCUT2D eigenvalue weighted by molar-refractivity contribution is 6.06. The van der Waals surface area contributed by atoms with E-state index in [0.29, 0.717) is 23.5 Å². The van der Waals surface area contributed by atoms with Crippen LogP contribution < -0.4 is 15.6 Å². The van der Waals surface area contributed by atoms with Gasteiger partial charge >= 0.3 is 0 Å². The van der Waals surface area contributed by atoms with Crippen LogP contribution in [0, 0.1) is 0 Å². The number of hydrogen-bond donors (Lipinski definition) is 1.